The molecule has 0 N–H and O–H groups in total. The molecular weight excluding hydrogens is 1370 g/mol. The van der Waals surface area contributed by atoms with E-state index in [9.17, 15) is 0 Å². The maximum atomic E-state index is 2.31. The number of fused-ring (bicyclic) bond motifs is 3. The predicted molar refractivity (Wildman–Crippen MR) is 494 cm³/mol. The summed E-state index contributed by atoms with van der Waals surface area (Å²) in [4.78, 5) is 0. The highest BCUT2D eigenvalue weighted by atomic mass is 14.2. The highest BCUT2D eigenvalue weighted by molar-refractivity contribution is 5.97. The molecule has 0 aliphatic rings. The minimum absolute atomic E-state index is 1.24. The van der Waals surface area contributed by atoms with E-state index < -0.39 is 0 Å². The van der Waals surface area contributed by atoms with Gasteiger partial charge < -0.3 is 0 Å². The van der Waals surface area contributed by atoms with E-state index in [0.717, 1.165) is 0 Å². The minimum Gasteiger partial charge on any atom is -0.0622 e. The van der Waals surface area contributed by atoms with E-state index in [4.69, 9.17) is 0 Å². The molecule has 0 nitrogen and oxygen atoms in total. The minimum atomic E-state index is 1.24. The Morgan fingerprint density at radius 1 is 0.114 bits per heavy atom. The van der Waals surface area contributed by atoms with E-state index >= 15 is 0 Å². The number of benzene rings is 19. The molecule has 0 heterocycles. The lowest BCUT2D eigenvalue weighted by Crippen LogP contribution is -1.88. The second-order valence-electron chi connectivity index (χ2n) is 29.2. The molecule has 0 aliphatic heterocycles. The molecule has 0 saturated heterocycles. The Bertz CT molecular complexity index is 6170. The average molecular weight is 1460 g/mol. The Kier molecular flexibility index (Phi) is 25.6. The van der Waals surface area contributed by atoms with Crippen molar-refractivity contribution in [3.05, 3.63) is 494 Å². The van der Waals surface area contributed by atoms with E-state index in [-0.39, 0.29) is 0 Å². The quantitative estimate of drug-likeness (QED) is 0.128. The molecule has 114 heavy (non-hydrogen) atoms. The number of hydrogen-bond acceptors (Lipinski definition) is 0. The van der Waals surface area contributed by atoms with E-state index in [0.29, 0.717) is 0 Å². The van der Waals surface area contributed by atoms with Crippen LogP contribution >= 0.6 is 0 Å². The summed E-state index contributed by atoms with van der Waals surface area (Å²) < 4.78 is 0. The van der Waals surface area contributed by atoms with Gasteiger partial charge in [-0.3, -0.25) is 0 Å². The smallest absolute Gasteiger partial charge is 0.00992 e. The fraction of sp³-hybridized carbons (Fsp3) is 0.0526. The lowest BCUT2D eigenvalue weighted by molar-refractivity contribution is 1.47. The molecule has 0 spiro atoms. The number of hydrogen-bond donors (Lipinski definition) is 0. The van der Waals surface area contributed by atoms with Gasteiger partial charge in [0.25, 0.3) is 0 Å². The van der Waals surface area contributed by atoms with Crippen molar-refractivity contribution in [2.75, 3.05) is 0 Å². The third kappa shape index (κ3) is 20.1. The first-order valence-corrected chi connectivity index (χ1v) is 39.4. The molecule has 0 bridgehead atoms. The fourth-order valence-corrected chi connectivity index (χ4v) is 14.4. The van der Waals surface area contributed by atoms with Crippen LogP contribution in [0.1, 0.15) is 33.4 Å². The van der Waals surface area contributed by atoms with Crippen molar-refractivity contribution in [3.63, 3.8) is 0 Å². The molecule has 0 radical (unpaired) electrons. The van der Waals surface area contributed by atoms with Crippen LogP contribution in [0.2, 0.25) is 0 Å². The van der Waals surface area contributed by atoms with Crippen LogP contribution in [-0.2, 0) is 0 Å². The molecule has 0 saturated carbocycles. The number of aryl methyl sites for hydroxylation is 6. The molecule has 0 fully saturated rings. The van der Waals surface area contributed by atoms with Gasteiger partial charge in [-0.2, -0.15) is 0 Å². The van der Waals surface area contributed by atoms with Gasteiger partial charge in [0, 0.05) is 0 Å². The zero-order valence-corrected chi connectivity index (χ0v) is 65.9. The first-order chi connectivity index (χ1) is 56.0. The number of rotatable bonds is 10. The molecule has 0 aliphatic carbocycles. The molecule has 0 amide bonds. The summed E-state index contributed by atoms with van der Waals surface area (Å²) in [5, 5.41) is 7.94. The van der Waals surface area contributed by atoms with Crippen molar-refractivity contribution in [1.82, 2.24) is 0 Å². The molecular formula is C114H94. The molecule has 550 valence electrons. The van der Waals surface area contributed by atoms with Crippen molar-refractivity contribution in [2.45, 2.75) is 41.5 Å². The van der Waals surface area contributed by atoms with Gasteiger partial charge >= 0.3 is 0 Å². The van der Waals surface area contributed by atoms with E-state index in [1.165, 1.54) is 177 Å². The van der Waals surface area contributed by atoms with Crippen molar-refractivity contribution in [3.8, 4) is 111 Å². The Hall–Kier alpha value is -14.0. The lowest BCUT2D eigenvalue weighted by Gasteiger charge is -2.13. The maximum absolute atomic E-state index is 2.31. The van der Waals surface area contributed by atoms with Crippen LogP contribution < -0.4 is 0 Å². The van der Waals surface area contributed by atoms with Crippen LogP contribution in [0.15, 0.2) is 461 Å². The van der Waals surface area contributed by atoms with Crippen LogP contribution in [0.5, 0.6) is 0 Å². The zero-order valence-electron chi connectivity index (χ0n) is 65.9. The van der Waals surface area contributed by atoms with Crippen molar-refractivity contribution in [1.29, 1.82) is 0 Å². The van der Waals surface area contributed by atoms with E-state index in [1.807, 2.05) is 0 Å². The highest BCUT2D eigenvalue weighted by Gasteiger charge is 2.14. The topological polar surface area (TPSA) is 0 Å². The normalized spacial score (nSPS) is 10.5. The third-order valence-electron chi connectivity index (χ3n) is 20.7. The van der Waals surface area contributed by atoms with Gasteiger partial charge in [0.2, 0.25) is 0 Å². The Balaban J connectivity index is 0.000000116. The molecule has 0 aromatic heterocycles. The van der Waals surface area contributed by atoms with Crippen LogP contribution in [0, 0.1) is 41.5 Å². The van der Waals surface area contributed by atoms with E-state index in [1.54, 1.807) is 0 Å². The van der Waals surface area contributed by atoms with Crippen molar-refractivity contribution < 1.29 is 0 Å². The summed E-state index contributed by atoms with van der Waals surface area (Å²) in [6.45, 7) is 12.7. The third-order valence-corrected chi connectivity index (χ3v) is 20.7. The largest absolute Gasteiger partial charge is 0.0622 e. The fourth-order valence-electron chi connectivity index (χ4n) is 14.4. The monoisotopic (exact) mass is 1460 g/mol. The molecule has 0 unspecified atom stereocenters. The lowest BCUT2D eigenvalue weighted by atomic mass is 9.91. The summed E-state index contributed by atoms with van der Waals surface area (Å²) in [5.41, 5.74) is 33.0. The van der Waals surface area contributed by atoms with Crippen LogP contribution in [-0.4, -0.2) is 0 Å². The maximum Gasteiger partial charge on any atom is -0.00992 e. The van der Waals surface area contributed by atoms with Gasteiger partial charge in [-0.05, 0) is 221 Å². The molecule has 19 aromatic rings. The van der Waals surface area contributed by atoms with Crippen LogP contribution in [0.3, 0.4) is 0 Å². The predicted octanol–water partition coefficient (Wildman–Crippen LogP) is 32.1. The van der Waals surface area contributed by atoms with Gasteiger partial charge in [0.15, 0.2) is 0 Å². The Labute approximate surface area is 675 Å². The zero-order chi connectivity index (χ0) is 78.2. The van der Waals surface area contributed by atoms with Gasteiger partial charge in [0.1, 0.15) is 0 Å². The second kappa shape index (κ2) is 38.1. The van der Waals surface area contributed by atoms with Gasteiger partial charge in [-0.25, -0.2) is 0 Å². The first-order valence-electron chi connectivity index (χ1n) is 39.4. The van der Waals surface area contributed by atoms with Gasteiger partial charge in [-0.1, -0.05) is 459 Å². The van der Waals surface area contributed by atoms with Crippen molar-refractivity contribution in [2.24, 2.45) is 0 Å². The highest BCUT2D eigenvalue weighted by Crippen LogP contribution is 2.39. The summed E-state index contributed by atoms with van der Waals surface area (Å²) in [5.74, 6) is 0. The average Bonchev–Trinajstić information content (AvgIpc) is 0.841. The summed E-state index contributed by atoms with van der Waals surface area (Å²) in [7, 11) is 0. The molecule has 19 rings (SSSR count). The second-order valence-corrected chi connectivity index (χ2v) is 29.2. The Morgan fingerprint density at radius 2 is 0.377 bits per heavy atom. The van der Waals surface area contributed by atoms with Gasteiger partial charge in [-0.15, -0.1) is 0 Å². The SMILES string of the molecule is Cc1ccc(-c2cc(-c3ccccc3)cc(-c3ccccc3)c2)cc1.Cc1ccc(-c2ccc(-c3ccccc3)c(-c3ccccc3)c2)cc1.Cc1ccc(-c2ccc(-c3ccccc3)cc2-c2ccccc2)cc1.Cc1ccc(-c2cccc3ccccc23)cc1.Cc1ccc2ccccc2c1.Cc1cccc2ccccc12. The summed E-state index contributed by atoms with van der Waals surface area (Å²) in [6, 6.07) is 164. The van der Waals surface area contributed by atoms with Crippen LogP contribution in [0.25, 0.3) is 144 Å². The summed E-state index contributed by atoms with van der Waals surface area (Å²) in [6.07, 6.45) is 0. The van der Waals surface area contributed by atoms with Crippen molar-refractivity contribution >= 4 is 32.3 Å². The Morgan fingerprint density at radius 3 is 0.789 bits per heavy atom. The standard InChI is InChI=1S/3C25H20.C17H14.2C11H10/c1-19-12-14-22(15-13-19)25-17-23(20-8-4-2-5-9-20)16-24(18-25)21-10-6-3-7-11-21;1-19-12-14-20(15-13-19)23-16-17-24(21-8-4-2-5-9-21)25(18-23)22-10-6-3-7-11-22;1-19-12-14-22(15-13-19)24-17-16-23(20-8-4-2-5-9-20)18-25(24)21-10-6-3-7-11-21;1-13-9-11-15(12-10-13)17-8-4-6-14-5-2-3-7-16(14)17;1-9-5-4-7-10-6-2-3-8-11(9)10;1-9-6-7-10-4-2-3-5-11(10)8-9/h3*2-18H,1H3;2-12H,1H3;2*2-8H,1H3. The first kappa shape index (κ1) is 76.7. The molecule has 19 aromatic carbocycles. The summed E-state index contributed by atoms with van der Waals surface area (Å²) >= 11 is 0. The van der Waals surface area contributed by atoms with Gasteiger partial charge in [0.05, 0.1) is 0 Å². The van der Waals surface area contributed by atoms with Crippen LogP contribution in [0.4, 0.5) is 0 Å². The molecule has 0 atom stereocenters. The molecule has 0 heteroatoms. The van der Waals surface area contributed by atoms with E-state index in [2.05, 4.69) is 503 Å².